The number of rotatable bonds is 5. The molecule has 2 aromatic rings. The lowest BCUT2D eigenvalue weighted by Crippen LogP contribution is -2.37. The maximum atomic E-state index is 11.7. The molecular weight excluding hydrogens is 344 g/mol. The minimum absolute atomic E-state index is 0.0721. The van der Waals surface area contributed by atoms with Crippen LogP contribution in [0.1, 0.15) is 28.4 Å². The van der Waals surface area contributed by atoms with Crippen LogP contribution in [0.4, 0.5) is 0 Å². The SMILES string of the molecule is CC(NC(=O)CNC(=O)c1ccc(Br)o1)c1cccs1. The van der Waals surface area contributed by atoms with E-state index in [1.54, 1.807) is 17.4 Å². The van der Waals surface area contributed by atoms with Gasteiger partial charge in [0.2, 0.25) is 5.91 Å². The molecule has 2 N–H and O–H groups in total. The minimum atomic E-state index is -0.422. The van der Waals surface area contributed by atoms with Crippen LogP contribution >= 0.6 is 27.3 Å². The van der Waals surface area contributed by atoms with Crippen molar-refractivity contribution in [1.29, 1.82) is 0 Å². The molecule has 1 atom stereocenters. The van der Waals surface area contributed by atoms with Crippen molar-refractivity contribution in [2.45, 2.75) is 13.0 Å². The normalized spacial score (nSPS) is 11.9. The average Bonchev–Trinajstić information content (AvgIpc) is 3.06. The van der Waals surface area contributed by atoms with E-state index in [1.807, 2.05) is 24.4 Å². The molecular formula is C13H13BrN2O3S. The van der Waals surface area contributed by atoms with Crippen molar-refractivity contribution in [2.75, 3.05) is 6.54 Å². The first-order chi connectivity index (χ1) is 9.56. The number of halogens is 1. The van der Waals surface area contributed by atoms with Crippen LogP contribution in [0.5, 0.6) is 0 Å². The number of hydrogen-bond donors (Lipinski definition) is 2. The van der Waals surface area contributed by atoms with Gasteiger partial charge in [-0.15, -0.1) is 11.3 Å². The molecule has 2 amide bonds. The number of nitrogens with one attached hydrogen (secondary N) is 2. The van der Waals surface area contributed by atoms with Crippen LogP contribution in [0.3, 0.4) is 0 Å². The number of carbonyl (C=O) groups is 2. The molecule has 0 aliphatic carbocycles. The van der Waals surface area contributed by atoms with Crippen LogP contribution in [-0.4, -0.2) is 18.4 Å². The molecule has 5 nitrogen and oxygen atoms in total. The molecule has 0 aromatic carbocycles. The maximum Gasteiger partial charge on any atom is 0.287 e. The molecule has 0 bridgehead atoms. The van der Waals surface area contributed by atoms with Gasteiger partial charge in [-0.25, -0.2) is 0 Å². The monoisotopic (exact) mass is 356 g/mol. The van der Waals surface area contributed by atoms with Gasteiger partial charge < -0.3 is 15.1 Å². The lowest BCUT2D eigenvalue weighted by Gasteiger charge is -2.12. The molecule has 1 unspecified atom stereocenters. The summed E-state index contributed by atoms with van der Waals surface area (Å²) in [5.41, 5.74) is 0. The summed E-state index contributed by atoms with van der Waals surface area (Å²) in [7, 11) is 0. The summed E-state index contributed by atoms with van der Waals surface area (Å²) in [5, 5.41) is 7.26. The molecule has 0 saturated carbocycles. The molecule has 0 aliphatic rings. The van der Waals surface area contributed by atoms with Crippen LogP contribution in [0.25, 0.3) is 0 Å². The quantitative estimate of drug-likeness (QED) is 0.864. The molecule has 2 heterocycles. The third-order valence-electron chi connectivity index (χ3n) is 2.55. The molecule has 0 aliphatic heterocycles. The Labute approximate surface area is 128 Å². The Hall–Kier alpha value is -1.60. The standard InChI is InChI=1S/C13H13BrN2O3S/c1-8(10-3-2-6-20-10)16-12(17)7-15-13(18)9-4-5-11(14)19-9/h2-6,8H,7H2,1H3,(H,15,18)(H,16,17). The predicted octanol–water partition coefficient (Wildman–Crippen LogP) is 2.71. The van der Waals surface area contributed by atoms with Crippen LogP contribution in [-0.2, 0) is 4.79 Å². The molecule has 0 fully saturated rings. The Morgan fingerprint density at radius 2 is 2.20 bits per heavy atom. The smallest absolute Gasteiger partial charge is 0.287 e. The second-order valence-electron chi connectivity index (χ2n) is 4.09. The Bertz CT molecular complexity index is 595. The van der Waals surface area contributed by atoms with E-state index < -0.39 is 5.91 Å². The van der Waals surface area contributed by atoms with Gasteiger partial charge in [-0.05, 0) is 46.4 Å². The first-order valence-electron chi connectivity index (χ1n) is 5.92. The van der Waals surface area contributed by atoms with Gasteiger partial charge >= 0.3 is 0 Å². The van der Waals surface area contributed by atoms with Crippen molar-refractivity contribution < 1.29 is 14.0 Å². The van der Waals surface area contributed by atoms with Gasteiger partial charge in [-0.2, -0.15) is 0 Å². The van der Waals surface area contributed by atoms with Gasteiger partial charge in [0.1, 0.15) is 0 Å². The maximum absolute atomic E-state index is 11.7. The largest absolute Gasteiger partial charge is 0.444 e. The topological polar surface area (TPSA) is 71.3 Å². The highest BCUT2D eigenvalue weighted by Gasteiger charge is 2.14. The Morgan fingerprint density at radius 1 is 1.40 bits per heavy atom. The lowest BCUT2D eigenvalue weighted by atomic mass is 10.3. The summed E-state index contributed by atoms with van der Waals surface area (Å²) in [5.74, 6) is -0.504. The fourth-order valence-electron chi connectivity index (χ4n) is 1.59. The van der Waals surface area contributed by atoms with E-state index in [0.717, 1.165) is 4.88 Å². The van der Waals surface area contributed by atoms with Crippen molar-refractivity contribution in [3.8, 4) is 0 Å². The molecule has 106 valence electrons. The first-order valence-corrected chi connectivity index (χ1v) is 7.60. The highest BCUT2D eigenvalue weighted by molar-refractivity contribution is 9.10. The fraction of sp³-hybridized carbons (Fsp3) is 0.231. The molecule has 0 radical (unpaired) electrons. The van der Waals surface area contributed by atoms with E-state index in [1.165, 1.54) is 6.07 Å². The second kappa shape index (κ2) is 6.71. The van der Waals surface area contributed by atoms with Crippen molar-refractivity contribution in [3.05, 3.63) is 45.0 Å². The average molecular weight is 357 g/mol. The molecule has 7 heteroatoms. The van der Waals surface area contributed by atoms with Crippen molar-refractivity contribution >= 4 is 39.1 Å². The molecule has 0 spiro atoms. The summed E-state index contributed by atoms with van der Waals surface area (Å²) in [6, 6.07) is 6.96. The summed E-state index contributed by atoms with van der Waals surface area (Å²) < 4.78 is 5.56. The Kier molecular flexibility index (Phi) is 4.97. The zero-order chi connectivity index (χ0) is 14.5. The third kappa shape index (κ3) is 3.94. The Balaban J connectivity index is 1.79. The fourth-order valence-corrected chi connectivity index (χ4v) is 2.63. The van der Waals surface area contributed by atoms with E-state index in [4.69, 9.17) is 4.42 Å². The first kappa shape index (κ1) is 14.8. The highest BCUT2D eigenvalue weighted by Crippen LogP contribution is 2.17. The Morgan fingerprint density at radius 3 is 2.80 bits per heavy atom. The molecule has 2 rings (SSSR count). The van der Waals surface area contributed by atoms with E-state index in [0.29, 0.717) is 4.67 Å². The van der Waals surface area contributed by atoms with Gasteiger partial charge in [-0.1, -0.05) is 6.07 Å². The van der Waals surface area contributed by atoms with Gasteiger partial charge in [0, 0.05) is 4.88 Å². The van der Waals surface area contributed by atoms with Gasteiger partial charge in [0.05, 0.1) is 12.6 Å². The van der Waals surface area contributed by atoms with Crippen molar-refractivity contribution in [2.24, 2.45) is 0 Å². The van der Waals surface area contributed by atoms with Gasteiger partial charge in [-0.3, -0.25) is 9.59 Å². The molecule has 0 saturated heterocycles. The second-order valence-corrected chi connectivity index (χ2v) is 5.85. The van der Waals surface area contributed by atoms with E-state index in [9.17, 15) is 9.59 Å². The van der Waals surface area contributed by atoms with Crippen molar-refractivity contribution in [3.63, 3.8) is 0 Å². The highest BCUT2D eigenvalue weighted by atomic mass is 79.9. The third-order valence-corrected chi connectivity index (χ3v) is 4.04. The summed E-state index contributed by atoms with van der Waals surface area (Å²) >= 11 is 4.69. The van der Waals surface area contributed by atoms with Gasteiger partial charge in [0.15, 0.2) is 10.4 Å². The number of carbonyl (C=O) groups excluding carboxylic acids is 2. The van der Waals surface area contributed by atoms with Crippen LogP contribution in [0.15, 0.2) is 38.7 Å². The number of hydrogen-bond acceptors (Lipinski definition) is 4. The minimum Gasteiger partial charge on any atom is -0.444 e. The number of thiophene rings is 1. The van der Waals surface area contributed by atoms with Gasteiger partial charge in [0.25, 0.3) is 5.91 Å². The summed E-state index contributed by atoms with van der Waals surface area (Å²) in [4.78, 5) is 24.5. The predicted molar refractivity (Wildman–Crippen MR) is 79.6 cm³/mol. The summed E-state index contributed by atoms with van der Waals surface area (Å²) in [6.07, 6.45) is 0. The molecule has 20 heavy (non-hydrogen) atoms. The zero-order valence-electron chi connectivity index (χ0n) is 10.7. The van der Waals surface area contributed by atoms with Crippen LogP contribution in [0.2, 0.25) is 0 Å². The summed E-state index contributed by atoms with van der Waals surface area (Å²) in [6.45, 7) is 1.81. The van der Waals surface area contributed by atoms with Crippen LogP contribution in [0, 0.1) is 0 Å². The zero-order valence-corrected chi connectivity index (χ0v) is 13.1. The number of amides is 2. The van der Waals surface area contributed by atoms with E-state index >= 15 is 0 Å². The van der Waals surface area contributed by atoms with Crippen molar-refractivity contribution in [1.82, 2.24) is 10.6 Å². The molecule has 2 aromatic heterocycles. The van der Waals surface area contributed by atoms with E-state index in [2.05, 4.69) is 26.6 Å². The van der Waals surface area contributed by atoms with Crippen LogP contribution < -0.4 is 10.6 Å². The lowest BCUT2D eigenvalue weighted by molar-refractivity contribution is -0.120. The number of furan rings is 1. The van der Waals surface area contributed by atoms with E-state index in [-0.39, 0.29) is 24.3 Å².